The topological polar surface area (TPSA) is 42.5 Å². The maximum absolute atomic E-state index is 5.42. The van der Waals surface area contributed by atoms with Gasteiger partial charge in [-0.1, -0.05) is 231 Å². The van der Waals surface area contributed by atoms with E-state index in [9.17, 15) is 0 Å². The molecule has 0 aromatic heterocycles. The van der Waals surface area contributed by atoms with Crippen LogP contribution in [0.3, 0.4) is 0 Å². The van der Waals surface area contributed by atoms with Crippen molar-refractivity contribution < 1.29 is 9.47 Å². The van der Waals surface area contributed by atoms with Crippen molar-refractivity contribution in [3.63, 3.8) is 0 Å². The third kappa shape index (κ3) is 21.1. The van der Waals surface area contributed by atoms with E-state index in [1.165, 1.54) is 33.4 Å². The van der Waals surface area contributed by atoms with Gasteiger partial charge in [0.2, 0.25) is 0 Å². The number of allylic oxidation sites excluding steroid dienone is 4. The molecule has 4 nitrogen and oxygen atoms in total. The Morgan fingerprint density at radius 2 is 0.515 bits per heavy atom. The lowest BCUT2D eigenvalue weighted by atomic mass is 10.1. The minimum Gasteiger partial charge on any atom is -0.377 e. The molecule has 0 fully saturated rings. The highest BCUT2D eigenvalue weighted by molar-refractivity contribution is 5.65. The molecule has 66 heavy (non-hydrogen) atoms. The summed E-state index contributed by atoms with van der Waals surface area (Å²) >= 11 is 0. The first-order valence-electron chi connectivity index (χ1n) is 22.5. The molecule has 0 heterocycles. The Balaban J connectivity index is 0.000000197. The van der Waals surface area contributed by atoms with Crippen molar-refractivity contribution in [1.82, 2.24) is 0 Å². The van der Waals surface area contributed by atoms with E-state index < -0.39 is 0 Å². The van der Waals surface area contributed by atoms with Crippen molar-refractivity contribution in [2.45, 2.75) is 27.1 Å². The molecule has 0 aliphatic heterocycles. The molecule has 0 radical (unpaired) electrons. The zero-order chi connectivity index (χ0) is 46.0. The van der Waals surface area contributed by atoms with Gasteiger partial charge in [0.1, 0.15) is 0 Å². The number of benzene rings is 8. The normalized spacial score (nSPS) is 10.7. The number of nitrogens with one attached hydrogen (secondary N) is 2. The summed E-state index contributed by atoms with van der Waals surface area (Å²) in [4.78, 5) is 0. The van der Waals surface area contributed by atoms with E-state index in [0.717, 1.165) is 36.0 Å². The predicted octanol–water partition coefficient (Wildman–Crippen LogP) is 16.8. The first kappa shape index (κ1) is 49.3. The van der Waals surface area contributed by atoms with Crippen molar-refractivity contribution in [3.8, 4) is 0 Å². The molecule has 332 valence electrons. The largest absolute Gasteiger partial charge is 0.377 e. The summed E-state index contributed by atoms with van der Waals surface area (Å²) in [5.41, 5.74) is 11.4. The molecule has 0 amide bonds. The van der Waals surface area contributed by atoms with Gasteiger partial charge in [0.05, 0.1) is 13.2 Å². The zero-order valence-electron chi connectivity index (χ0n) is 38.2. The highest BCUT2D eigenvalue weighted by atomic mass is 16.5. The number of hydrogen-bond acceptors (Lipinski definition) is 4. The summed E-state index contributed by atoms with van der Waals surface area (Å²) in [6.07, 6.45) is 16.6. The third-order valence-electron chi connectivity index (χ3n) is 9.56. The standard InChI is InChI=1S/2C25H25NO.2C6H6/c2*1-2-27-20-23-14-18-25(19-15-23)26-24-16-12-22(13-17-24)11-7-6-10-21-8-4-3-5-9-21;2*1-2-4-6-5-3-1/h2*3-19,26H,2,20H2,1H3;2*1-6H/b2*10-6+,11-7+;;. The summed E-state index contributed by atoms with van der Waals surface area (Å²) < 4.78 is 10.8. The van der Waals surface area contributed by atoms with Gasteiger partial charge in [-0.15, -0.1) is 0 Å². The Bertz CT molecular complexity index is 2300. The SMILES string of the molecule is CCOCc1ccc(Nc2ccc(/C=C/C=C/c3ccccc3)cc2)cc1.CCOCc1ccc(Nc2ccc(/C=C/C=C/c3ccccc3)cc2)cc1.c1ccccc1.c1ccccc1. The average Bonchev–Trinajstić information content (AvgIpc) is 3.39. The van der Waals surface area contributed by atoms with Crippen LogP contribution >= 0.6 is 0 Å². The minimum atomic E-state index is 0.663. The van der Waals surface area contributed by atoms with Crippen LogP contribution in [0.4, 0.5) is 22.7 Å². The summed E-state index contributed by atoms with van der Waals surface area (Å²) in [7, 11) is 0. The summed E-state index contributed by atoms with van der Waals surface area (Å²) in [5, 5.41) is 6.85. The molecule has 0 atom stereocenters. The molecule has 0 unspecified atom stereocenters. The molecule has 0 saturated carbocycles. The van der Waals surface area contributed by atoms with Gasteiger partial charge in [-0.2, -0.15) is 0 Å². The van der Waals surface area contributed by atoms with Crippen LogP contribution in [-0.2, 0) is 22.7 Å². The van der Waals surface area contributed by atoms with Crippen molar-refractivity contribution in [1.29, 1.82) is 0 Å². The molecule has 8 aromatic rings. The van der Waals surface area contributed by atoms with E-state index in [4.69, 9.17) is 9.47 Å². The van der Waals surface area contributed by atoms with Crippen LogP contribution in [-0.4, -0.2) is 13.2 Å². The Hall–Kier alpha value is -7.76. The second-order valence-electron chi connectivity index (χ2n) is 14.7. The van der Waals surface area contributed by atoms with Gasteiger partial charge >= 0.3 is 0 Å². The Morgan fingerprint density at radius 1 is 0.288 bits per heavy atom. The first-order valence-corrected chi connectivity index (χ1v) is 22.5. The molecular weight excluding hydrogens is 805 g/mol. The fourth-order valence-corrected chi connectivity index (χ4v) is 6.06. The number of ether oxygens (including phenoxy) is 2. The summed E-state index contributed by atoms with van der Waals surface area (Å²) in [5.74, 6) is 0. The van der Waals surface area contributed by atoms with Gasteiger partial charge < -0.3 is 20.1 Å². The van der Waals surface area contributed by atoms with Crippen LogP contribution in [0.25, 0.3) is 24.3 Å². The van der Waals surface area contributed by atoms with Crippen LogP contribution < -0.4 is 10.6 Å². The van der Waals surface area contributed by atoms with Crippen LogP contribution in [0.2, 0.25) is 0 Å². The van der Waals surface area contributed by atoms with Crippen molar-refractivity contribution in [3.05, 3.63) is 288 Å². The lowest BCUT2D eigenvalue weighted by Gasteiger charge is -2.08. The van der Waals surface area contributed by atoms with Gasteiger partial charge in [-0.3, -0.25) is 0 Å². The quantitative estimate of drug-likeness (QED) is 0.0950. The van der Waals surface area contributed by atoms with E-state index in [0.29, 0.717) is 13.2 Å². The maximum atomic E-state index is 5.42. The van der Waals surface area contributed by atoms with E-state index in [1.807, 2.05) is 123 Å². The van der Waals surface area contributed by atoms with Crippen LogP contribution in [0, 0.1) is 0 Å². The molecule has 0 aliphatic rings. The second kappa shape index (κ2) is 31.1. The average molecular weight is 867 g/mol. The summed E-state index contributed by atoms with van der Waals surface area (Å²) in [6.45, 7) is 6.82. The van der Waals surface area contributed by atoms with Crippen LogP contribution in [0.15, 0.2) is 255 Å². The van der Waals surface area contributed by atoms with Gasteiger partial charge in [0.25, 0.3) is 0 Å². The third-order valence-corrected chi connectivity index (χ3v) is 9.56. The van der Waals surface area contributed by atoms with Gasteiger partial charge in [0, 0.05) is 36.0 Å². The number of rotatable bonds is 16. The fourth-order valence-electron chi connectivity index (χ4n) is 6.06. The predicted molar refractivity (Wildman–Crippen MR) is 285 cm³/mol. The van der Waals surface area contributed by atoms with E-state index in [2.05, 4.69) is 181 Å². The van der Waals surface area contributed by atoms with Gasteiger partial charge in [-0.05, 0) is 95.8 Å². The Kier molecular flexibility index (Phi) is 23.2. The lowest BCUT2D eigenvalue weighted by molar-refractivity contribution is 0.134. The fraction of sp³-hybridized carbons (Fsp3) is 0.0968. The van der Waals surface area contributed by atoms with Crippen LogP contribution in [0.5, 0.6) is 0 Å². The highest BCUT2D eigenvalue weighted by Crippen LogP contribution is 2.20. The van der Waals surface area contributed by atoms with Crippen molar-refractivity contribution in [2.24, 2.45) is 0 Å². The highest BCUT2D eigenvalue weighted by Gasteiger charge is 1.99. The number of hydrogen-bond donors (Lipinski definition) is 2. The molecule has 8 aromatic carbocycles. The zero-order valence-corrected chi connectivity index (χ0v) is 38.2. The molecule has 0 aliphatic carbocycles. The van der Waals surface area contributed by atoms with E-state index in [-0.39, 0.29) is 0 Å². The Labute approximate surface area is 394 Å². The van der Waals surface area contributed by atoms with Gasteiger partial charge in [-0.25, -0.2) is 0 Å². The molecule has 2 N–H and O–H groups in total. The monoisotopic (exact) mass is 866 g/mol. The van der Waals surface area contributed by atoms with Crippen molar-refractivity contribution in [2.75, 3.05) is 23.8 Å². The molecule has 0 bridgehead atoms. The molecule has 0 saturated heterocycles. The molecule has 8 rings (SSSR count). The smallest absolute Gasteiger partial charge is 0.0716 e. The lowest BCUT2D eigenvalue weighted by Crippen LogP contribution is -1.93. The molecular formula is C62H62N2O2. The summed E-state index contributed by atoms with van der Waals surface area (Å²) in [6, 6.07) is 78.1. The van der Waals surface area contributed by atoms with Gasteiger partial charge in [0.15, 0.2) is 0 Å². The molecule has 4 heteroatoms. The Morgan fingerprint density at radius 3 is 0.773 bits per heavy atom. The second-order valence-corrected chi connectivity index (χ2v) is 14.7. The minimum absolute atomic E-state index is 0.663. The number of anilines is 4. The maximum Gasteiger partial charge on any atom is 0.0716 e. The first-order chi connectivity index (χ1) is 32.7. The van der Waals surface area contributed by atoms with E-state index >= 15 is 0 Å². The van der Waals surface area contributed by atoms with E-state index in [1.54, 1.807) is 0 Å². The van der Waals surface area contributed by atoms with Crippen molar-refractivity contribution >= 4 is 47.1 Å². The van der Waals surface area contributed by atoms with Crippen LogP contribution in [0.1, 0.15) is 47.2 Å². The molecule has 0 spiro atoms.